The van der Waals surface area contributed by atoms with Crippen LogP contribution < -0.4 is 0 Å². The summed E-state index contributed by atoms with van der Waals surface area (Å²) in [7, 11) is 1.67. The van der Waals surface area contributed by atoms with Crippen LogP contribution in [0, 0.1) is 0 Å². The second-order valence-electron chi connectivity index (χ2n) is 4.29. The number of carbonyl (C=O) groups is 1. The molecule has 1 amide bonds. The molecular weight excluding hydrogens is 238 g/mol. The molecule has 100 valence electrons. The lowest BCUT2D eigenvalue weighted by atomic mass is 9.91. The van der Waals surface area contributed by atoms with E-state index in [1.165, 1.54) is 6.42 Å². The zero-order valence-corrected chi connectivity index (χ0v) is 11.4. The normalized spacial score (nSPS) is 15.6. The van der Waals surface area contributed by atoms with Crippen LogP contribution in [0.15, 0.2) is 0 Å². The lowest BCUT2D eigenvalue weighted by Crippen LogP contribution is -2.45. The second-order valence-corrected chi connectivity index (χ2v) is 5.40. The fourth-order valence-corrected chi connectivity index (χ4v) is 2.60. The Labute approximate surface area is 108 Å². The van der Waals surface area contributed by atoms with E-state index in [2.05, 4.69) is 0 Å². The Bertz CT molecular complexity index is 222. The SMILES string of the molecule is COCCSCC(=O)N(CCCO)C1CCC1. The quantitative estimate of drug-likeness (QED) is 0.632. The van der Waals surface area contributed by atoms with E-state index in [-0.39, 0.29) is 12.5 Å². The molecular formula is C12H23NO3S. The van der Waals surface area contributed by atoms with Crippen LogP contribution in [0.2, 0.25) is 0 Å². The van der Waals surface area contributed by atoms with Crippen molar-refractivity contribution in [3.63, 3.8) is 0 Å². The van der Waals surface area contributed by atoms with Crippen LogP contribution >= 0.6 is 11.8 Å². The number of aliphatic hydroxyl groups is 1. The number of rotatable bonds is 9. The van der Waals surface area contributed by atoms with Gasteiger partial charge in [0.05, 0.1) is 12.4 Å². The van der Waals surface area contributed by atoms with E-state index >= 15 is 0 Å². The van der Waals surface area contributed by atoms with Crippen LogP contribution in [-0.4, -0.2) is 60.3 Å². The van der Waals surface area contributed by atoms with E-state index in [0.717, 1.165) is 18.6 Å². The highest BCUT2D eigenvalue weighted by Crippen LogP contribution is 2.25. The molecule has 5 heteroatoms. The van der Waals surface area contributed by atoms with E-state index in [1.807, 2.05) is 4.90 Å². The standard InChI is InChI=1S/C12H23NO3S/c1-16-8-9-17-10-12(15)13(6-3-7-14)11-4-2-5-11/h11,14H,2-10H2,1H3. The van der Waals surface area contributed by atoms with Crippen LogP contribution in [0.4, 0.5) is 0 Å². The van der Waals surface area contributed by atoms with Crippen LogP contribution in [0.5, 0.6) is 0 Å². The number of hydrogen-bond donors (Lipinski definition) is 1. The molecule has 0 aromatic rings. The maximum atomic E-state index is 12.0. The molecule has 0 aliphatic heterocycles. The molecule has 1 aliphatic carbocycles. The topological polar surface area (TPSA) is 49.8 Å². The van der Waals surface area contributed by atoms with Gasteiger partial charge in [0, 0.05) is 32.1 Å². The highest BCUT2D eigenvalue weighted by molar-refractivity contribution is 7.99. The molecule has 17 heavy (non-hydrogen) atoms. The van der Waals surface area contributed by atoms with E-state index in [0.29, 0.717) is 31.4 Å². The number of methoxy groups -OCH3 is 1. The van der Waals surface area contributed by atoms with E-state index < -0.39 is 0 Å². The molecule has 0 aromatic carbocycles. The smallest absolute Gasteiger partial charge is 0.232 e. The Morgan fingerprint density at radius 3 is 2.82 bits per heavy atom. The third kappa shape index (κ3) is 5.27. The van der Waals surface area contributed by atoms with Gasteiger partial charge in [0.1, 0.15) is 0 Å². The Morgan fingerprint density at radius 1 is 1.53 bits per heavy atom. The minimum Gasteiger partial charge on any atom is -0.396 e. The second kappa shape index (κ2) is 8.78. The number of aliphatic hydroxyl groups excluding tert-OH is 1. The molecule has 1 saturated carbocycles. The van der Waals surface area contributed by atoms with Gasteiger partial charge in [-0.15, -0.1) is 11.8 Å². The molecule has 1 fully saturated rings. The molecule has 1 N–H and O–H groups in total. The summed E-state index contributed by atoms with van der Waals surface area (Å²) in [5, 5.41) is 8.86. The number of ether oxygens (including phenoxy) is 1. The fourth-order valence-electron chi connectivity index (χ4n) is 1.83. The third-order valence-electron chi connectivity index (χ3n) is 3.05. The zero-order chi connectivity index (χ0) is 12.5. The van der Waals surface area contributed by atoms with Crippen LogP contribution in [0.3, 0.4) is 0 Å². The van der Waals surface area contributed by atoms with Crippen molar-refractivity contribution in [1.29, 1.82) is 0 Å². The molecule has 0 radical (unpaired) electrons. The van der Waals surface area contributed by atoms with Crippen molar-refractivity contribution in [1.82, 2.24) is 4.90 Å². The van der Waals surface area contributed by atoms with E-state index in [1.54, 1.807) is 18.9 Å². The molecule has 0 saturated heterocycles. The zero-order valence-electron chi connectivity index (χ0n) is 10.6. The summed E-state index contributed by atoms with van der Waals surface area (Å²) in [5.74, 6) is 1.61. The number of amides is 1. The fraction of sp³-hybridized carbons (Fsp3) is 0.917. The van der Waals surface area contributed by atoms with Gasteiger partial charge < -0.3 is 14.7 Å². The molecule has 0 bridgehead atoms. The summed E-state index contributed by atoms with van der Waals surface area (Å²) in [6.45, 7) is 1.55. The average molecular weight is 261 g/mol. The van der Waals surface area contributed by atoms with E-state index in [4.69, 9.17) is 9.84 Å². The first kappa shape index (κ1) is 14.8. The van der Waals surface area contributed by atoms with Crippen molar-refractivity contribution >= 4 is 17.7 Å². The summed E-state index contributed by atoms with van der Waals surface area (Å²) >= 11 is 1.62. The minimum atomic E-state index is 0.160. The van der Waals surface area contributed by atoms with Crippen molar-refractivity contribution in [3.8, 4) is 0 Å². The minimum absolute atomic E-state index is 0.160. The predicted molar refractivity (Wildman–Crippen MR) is 70.3 cm³/mol. The Hall–Kier alpha value is -0.260. The molecule has 4 nitrogen and oxygen atoms in total. The summed E-state index contributed by atoms with van der Waals surface area (Å²) in [6.07, 6.45) is 4.16. The van der Waals surface area contributed by atoms with E-state index in [9.17, 15) is 4.79 Å². The highest BCUT2D eigenvalue weighted by Gasteiger charge is 2.27. The average Bonchev–Trinajstić information content (AvgIpc) is 2.27. The molecule has 0 unspecified atom stereocenters. The first-order chi connectivity index (χ1) is 8.29. The summed E-state index contributed by atoms with van der Waals surface area (Å²) < 4.78 is 4.95. The van der Waals surface area contributed by atoms with Crippen molar-refractivity contribution in [2.75, 3.05) is 38.4 Å². The van der Waals surface area contributed by atoms with Gasteiger partial charge in [0.2, 0.25) is 5.91 Å². The maximum absolute atomic E-state index is 12.0. The first-order valence-electron chi connectivity index (χ1n) is 6.26. The van der Waals surface area contributed by atoms with Gasteiger partial charge in [0.15, 0.2) is 0 Å². The summed E-state index contributed by atoms with van der Waals surface area (Å²) in [5.41, 5.74) is 0. The van der Waals surface area contributed by atoms with Crippen LogP contribution in [-0.2, 0) is 9.53 Å². The predicted octanol–water partition coefficient (Wildman–Crippen LogP) is 1.13. The van der Waals surface area contributed by atoms with Gasteiger partial charge in [0.25, 0.3) is 0 Å². The van der Waals surface area contributed by atoms with Crippen LogP contribution in [0.1, 0.15) is 25.7 Å². The maximum Gasteiger partial charge on any atom is 0.232 e. The van der Waals surface area contributed by atoms with Crippen molar-refractivity contribution in [2.45, 2.75) is 31.7 Å². The van der Waals surface area contributed by atoms with Gasteiger partial charge in [-0.2, -0.15) is 0 Å². The molecule has 1 rings (SSSR count). The number of nitrogens with zero attached hydrogens (tertiary/aromatic N) is 1. The van der Waals surface area contributed by atoms with Crippen LogP contribution in [0.25, 0.3) is 0 Å². The Kier molecular flexibility index (Phi) is 7.64. The lowest BCUT2D eigenvalue weighted by molar-refractivity contribution is -0.132. The molecule has 0 aromatic heterocycles. The Morgan fingerprint density at radius 2 is 2.29 bits per heavy atom. The van der Waals surface area contributed by atoms with Crippen molar-refractivity contribution in [2.24, 2.45) is 0 Å². The van der Waals surface area contributed by atoms with Gasteiger partial charge in [-0.3, -0.25) is 4.79 Å². The number of carbonyl (C=O) groups excluding carboxylic acids is 1. The monoisotopic (exact) mass is 261 g/mol. The Balaban J connectivity index is 2.26. The number of hydrogen-bond acceptors (Lipinski definition) is 4. The molecule has 0 atom stereocenters. The lowest BCUT2D eigenvalue weighted by Gasteiger charge is -2.37. The van der Waals surface area contributed by atoms with Gasteiger partial charge in [-0.25, -0.2) is 0 Å². The molecule has 1 aliphatic rings. The van der Waals surface area contributed by atoms with Gasteiger partial charge in [-0.1, -0.05) is 0 Å². The highest BCUT2D eigenvalue weighted by atomic mass is 32.2. The summed E-state index contributed by atoms with van der Waals surface area (Å²) in [4.78, 5) is 14.0. The third-order valence-corrected chi connectivity index (χ3v) is 3.96. The molecule has 0 spiro atoms. The largest absolute Gasteiger partial charge is 0.396 e. The molecule has 0 heterocycles. The summed E-state index contributed by atoms with van der Waals surface area (Å²) in [6, 6.07) is 0.428. The number of thioether (sulfide) groups is 1. The first-order valence-corrected chi connectivity index (χ1v) is 7.42. The van der Waals surface area contributed by atoms with Crippen molar-refractivity contribution < 1.29 is 14.6 Å². The van der Waals surface area contributed by atoms with Gasteiger partial charge in [-0.05, 0) is 25.7 Å². The van der Waals surface area contributed by atoms with Gasteiger partial charge >= 0.3 is 0 Å². The van der Waals surface area contributed by atoms with Crippen molar-refractivity contribution in [3.05, 3.63) is 0 Å².